The summed E-state index contributed by atoms with van der Waals surface area (Å²) in [6, 6.07) is 13.8. The molecule has 0 radical (unpaired) electrons. The first-order valence-electron chi connectivity index (χ1n) is 8.86. The monoisotopic (exact) mass is 339 g/mol. The average molecular weight is 339 g/mol. The molecule has 0 fully saturated rings. The number of benzene rings is 2. The highest BCUT2D eigenvalue weighted by atomic mass is 16.5. The van der Waals surface area contributed by atoms with E-state index in [1.165, 1.54) is 5.56 Å². The summed E-state index contributed by atoms with van der Waals surface area (Å²) in [5, 5.41) is 0. The maximum atomic E-state index is 11.6. The van der Waals surface area contributed by atoms with Gasteiger partial charge in [-0.15, -0.1) is 0 Å². The minimum absolute atomic E-state index is 0.0833. The average Bonchev–Trinajstić information content (AvgIpc) is 2.62. The van der Waals surface area contributed by atoms with Crippen molar-refractivity contribution in [3.05, 3.63) is 53.6 Å². The summed E-state index contributed by atoms with van der Waals surface area (Å²) in [6.07, 6.45) is 2.03. The standard InChI is InChI=1S/C21H25NO3/c1-16-7-3-4-8-20(16)24-13-6-5-11-22-12-14-25-21-10-9-18(17(2)23)15-19(21)22/h3-4,7-10,15H,5-6,11-14H2,1-2H3. The lowest BCUT2D eigenvalue weighted by Crippen LogP contribution is -2.33. The van der Waals surface area contributed by atoms with Crippen molar-refractivity contribution < 1.29 is 14.3 Å². The second-order valence-electron chi connectivity index (χ2n) is 6.40. The van der Waals surface area contributed by atoms with E-state index in [0.29, 0.717) is 6.61 Å². The van der Waals surface area contributed by atoms with E-state index < -0.39 is 0 Å². The van der Waals surface area contributed by atoms with Crippen LogP contribution in [0.5, 0.6) is 11.5 Å². The molecule has 0 N–H and O–H groups in total. The number of hydrogen-bond donors (Lipinski definition) is 0. The van der Waals surface area contributed by atoms with Gasteiger partial charge in [0, 0.05) is 12.1 Å². The maximum Gasteiger partial charge on any atom is 0.159 e. The molecule has 0 saturated carbocycles. The van der Waals surface area contributed by atoms with Gasteiger partial charge >= 0.3 is 0 Å². The van der Waals surface area contributed by atoms with E-state index >= 15 is 0 Å². The summed E-state index contributed by atoms with van der Waals surface area (Å²) >= 11 is 0. The van der Waals surface area contributed by atoms with Gasteiger partial charge in [0.2, 0.25) is 0 Å². The zero-order chi connectivity index (χ0) is 17.6. The molecule has 0 aliphatic carbocycles. The van der Waals surface area contributed by atoms with E-state index in [1.54, 1.807) is 6.92 Å². The Bertz CT molecular complexity index is 742. The minimum atomic E-state index is 0.0833. The van der Waals surface area contributed by atoms with Crippen molar-refractivity contribution in [1.29, 1.82) is 0 Å². The van der Waals surface area contributed by atoms with Crippen LogP contribution in [0.1, 0.15) is 35.7 Å². The number of unbranched alkanes of at least 4 members (excludes halogenated alkanes) is 1. The number of para-hydroxylation sites is 1. The van der Waals surface area contributed by atoms with Crippen molar-refractivity contribution in [3.8, 4) is 11.5 Å². The Balaban J connectivity index is 1.52. The molecule has 1 heterocycles. The van der Waals surface area contributed by atoms with Crippen LogP contribution < -0.4 is 14.4 Å². The molecule has 2 aromatic rings. The molecule has 0 unspecified atom stereocenters. The predicted molar refractivity (Wildman–Crippen MR) is 100 cm³/mol. The number of ether oxygens (including phenoxy) is 2. The van der Waals surface area contributed by atoms with Crippen molar-refractivity contribution in [3.63, 3.8) is 0 Å². The summed E-state index contributed by atoms with van der Waals surface area (Å²) in [5.74, 6) is 1.91. The quantitative estimate of drug-likeness (QED) is 0.558. The number of carbonyl (C=O) groups is 1. The molecule has 0 aromatic heterocycles. The molecule has 0 atom stereocenters. The number of rotatable bonds is 7. The van der Waals surface area contributed by atoms with Crippen LogP contribution in [0.4, 0.5) is 5.69 Å². The molecule has 4 heteroatoms. The minimum Gasteiger partial charge on any atom is -0.493 e. The zero-order valence-electron chi connectivity index (χ0n) is 15.0. The lowest BCUT2D eigenvalue weighted by atomic mass is 10.1. The van der Waals surface area contributed by atoms with Crippen LogP contribution in [0, 0.1) is 6.92 Å². The third-order valence-corrected chi connectivity index (χ3v) is 4.50. The second kappa shape index (κ2) is 8.06. The van der Waals surface area contributed by atoms with E-state index in [1.807, 2.05) is 36.4 Å². The predicted octanol–water partition coefficient (Wildman–Crippen LogP) is 4.26. The summed E-state index contributed by atoms with van der Waals surface area (Å²) < 4.78 is 11.6. The highest BCUT2D eigenvalue weighted by Gasteiger charge is 2.18. The Kier molecular flexibility index (Phi) is 5.59. The molecular weight excluding hydrogens is 314 g/mol. The lowest BCUT2D eigenvalue weighted by molar-refractivity contribution is 0.101. The number of anilines is 1. The van der Waals surface area contributed by atoms with Crippen LogP contribution in [0.15, 0.2) is 42.5 Å². The number of ketones is 1. The Labute approximate surface area is 149 Å². The molecule has 0 saturated heterocycles. The van der Waals surface area contributed by atoms with Gasteiger partial charge in [-0.1, -0.05) is 18.2 Å². The topological polar surface area (TPSA) is 38.8 Å². The molecular formula is C21H25NO3. The Hall–Kier alpha value is -2.49. The molecule has 25 heavy (non-hydrogen) atoms. The zero-order valence-corrected chi connectivity index (χ0v) is 15.0. The largest absolute Gasteiger partial charge is 0.493 e. The number of Topliss-reactive ketones (excluding diaryl/α,β-unsaturated/α-hetero) is 1. The first kappa shape index (κ1) is 17.3. The number of fused-ring (bicyclic) bond motifs is 1. The van der Waals surface area contributed by atoms with E-state index in [0.717, 1.165) is 55.3 Å². The van der Waals surface area contributed by atoms with Crippen LogP contribution in [-0.4, -0.2) is 32.1 Å². The van der Waals surface area contributed by atoms with Crippen LogP contribution in [0.3, 0.4) is 0 Å². The smallest absolute Gasteiger partial charge is 0.159 e. The third kappa shape index (κ3) is 4.32. The first-order chi connectivity index (χ1) is 12.1. The van der Waals surface area contributed by atoms with Crippen molar-refractivity contribution in [1.82, 2.24) is 0 Å². The van der Waals surface area contributed by atoms with Gasteiger partial charge < -0.3 is 14.4 Å². The second-order valence-corrected chi connectivity index (χ2v) is 6.40. The molecule has 3 rings (SSSR count). The number of hydrogen-bond acceptors (Lipinski definition) is 4. The van der Waals surface area contributed by atoms with Gasteiger partial charge in [-0.25, -0.2) is 0 Å². The molecule has 1 aliphatic rings. The highest BCUT2D eigenvalue weighted by molar-refractivity contribution is 5.95. The van der Waals surface area contributed by atoms with E-state index in [-0.39, 0.29) is 5.78 Å². The first-order valence-corrected chi connectivity index (χ1v) is 8.86. The normalized spacial score (nSPS) is 13.1. The van der Waals surface area contributed by atoms with Gasteiger partial charge in [0.05, 0.1) is 18.8 Å². The fourth-order valence-corrected chi connectivity index (χ4v) is 3.03. The summed E-state index contributed by atoms with van der Waals surface area (Å²) in [5.41, 5.74) is 2.93. The molecule has 0 bridgehead atoms. The van der Waals surface area contributed by atoms with E-state index in [4.69, 9.17) is 9.47 Å². The fourth-order valence-electron chi connectivity index (χ4n) is 3.03. The summed E-state index contributed by atoms with van der Waals surface area (Å²) in [4.78, 5) is 13.9. The van der Waals surface area contributed by atoms with Gasteiger partial charge in [0.25, 0.3) is 0 Å². The van der Waals surface area contributed by atoms with Crippen LogP contribution in [0.25, 0.3) is 0 Å². The van der Waals surface area contributed by atoms with Gasteiger partial charge in [-0.2, -0.15) is 0 Å². The van der Waals surface area contributed by atoms with Crippen molar-refractivity contribution in [2.75, 3.05) is 31.2 Å². The molecule has 4 nitrogen and oxygen atoms in total. The molecule has 0 amide bonds. The number of aryl methyl sites for hydroxylation is 1. The van der Waals surface area contributed by atoms with Gasteiger partial charge in [-0.05, 0) is 56.5 Å². The molecule has 132 valence electrons. The summed E-state index contributed by atoms with van der Waals surface area (Å²) in [6.45, 7) is 6.86. The van der Waals surface area contributed by atoms with Gasteiger partial charge in [0.15, 0.2) is 5.78 Å². The Morgan fingerprint density at radius 2 is 2.04 bits per heavy atom. The maximum absolute atomic E-state index is 11.6. The number of nitrogens with zero attached hydrogens (tertiary/aromatic N) is 1. The molecule has 2 aromatic carbocycles. The van der Waals surface area contributed by atoms with Crippen LogP contribution >= 0.6 is 0 Å². The van der Waals surface area contributed by atoms with Crippen LogP contribution in [-0.2, 0) is 0 Å². The van der Waals surface area contributed by atoms with Crippen LogP contribution in [0.2, 0.25) is 0 Å². The molecule has 0 spiro atoms. The highest BCUT2D eigenvalue weighted by Crippen LogP contribution is 2.32. The molecule has 1 aliphatic heterocycles. The van der Waals surface area contributed by atoms with Crippen molar-refractivity contribution in [2.24, 2.45) is 0 Å². The fraction of sp³-hybridized carbons (Fsp3) is 0.381. The van der Waals surface area contributed by atoms with Crippen molar-refractivity contribution >= 4 is 11.5 Å². The SMILES string of the molecule is CC(=O)c1ccc2c(c1)N(CCCCOc1ccccc1C)CCO2. The van der Waals surface area contributed by atoms with Gasteiger partial charge in [0.1, 0.15) is 18.1 Å². The van der Waals surface area contributed by atoms with E-state index in [2.05, 4.69) is 17.9 Å². The van der Waals surface area contributed by atoms with E-state index in [9.17, 15) is 4.79 Å². The lowest BCUT2D eigenvalue weighted by Gasteiger charge is -2.31. The number of carbonyl (C=O) groups excluding carboxylic acids is 1. The summed E-state index contributed by atoms with van der Waals surface area (Å²) in [7, 11) is 0. The Morgan fingerprint density at radius 1 is 1.20 bits per heavy atom. The van der Waals surface area contributed by atoms with Gasteiger partial charge in [-0.3, -0.25) is 4.79 Å². The van der Waals surface area contributed by atoms with Crippen molar-refractivity contribution in [2.45, 2.75) is 26.7 Å². The third-order valence-electron chi connectivity index (χ3n) is 4.50. The Morgan fingerprint density at radius 3 is 2.84 bits per heavy atom.